The fourth-order valence-corrected chi connectivity index (χ4v) is 9.59. The molecule has 0 amide bonds. The zero-order valence-electron chi connectivity index (χ0n) is 28.5. The van der Waals surface area contributed by atoms with Gasteiger partial charge in [-0.1, -0.05) is 121 Å². The lowest BCUT2D eigenvalue weighted by molar-refractivity contribution is 0.0573. The Kier molecular flexibility index (Phi) is 7.60. The van der Waals surface area contributed by atoms with Crippen LogP contribution in [0.3, 0.4) is 0 Å². The van der Waals surface area contributed by atoms with Gasteiger partial charge in [0.25, 0.3) is 0 Å². The Morgan fingerprint density at radius 3 is 1.10 bits per heavy atom. The monoisotopic (exact) mass is 656 g/mol. The van der Waals surface area contributed by atoms with Crippen molar-refractivity contribution in [2.75, 3.05) is 27.4 Å². The summed E-state index contributed by atoms with van der Waals surface area (Å²) in [7, 11) is 3.42. The number of ether oxygens (including phenoxy) is 4. The van der Waals surface area contributed by atoms with Crippen molar-refractivity contribution in [3.63, 3.8) is 0 Å². The topological polar surface area (TPSA) is 36.9 Å². The van der Waals surface area contributed by atoms with E-state index in [-0.39, 0.29) is 11.8 Å². The molecule has 0 aromatic heterocycles. The quantitative estimate of drug-likeness (QED) is 0.147. The molecule has 6 aromatic carbocycles. The van der Waals surface area contributed by atoms with Crippen LogP contribution in [-0.2, 0) is 33.5 Å². The van der Waals surface area contributed by atoms with Crippen LogP contribution in [0.5, 0.6) is 11.5 Å². The molecule has 0 saturated heterocycles. The maximum absolute atomic E-state index is 6.93. The average molecular weight is 657 g/mol. The molecular weight excluding hydrogens is 617 g/mol. The highest BCUT2D eigenvalue weighted by atomic mass is 16.5. The molecule has 0 radical (unpaired) electrons. The molecule has 0 unspecified atom stereocenters. The van der Waals surface area contributed by atoms with E-state index in [1.165, 1.54) is 44.5 Å². The standard InChI is InChI=1S/C46H40O4/c1-47-33-15-11-13-31(25-33)27-49-29-45-39-21-7-3-17-35(39)44(36-18-4-8-22-40(36)45)46(30-50-28-32-14-12-16-34(26-32)48-2)41-23-9-5-19-37(41)43(45)38-20-6-10-24-42(38)46/h3-26,43-44H,27-30H2,1-2H3. The predicted octanol–water partition coefficient (Wildman–Crippen LogP) is 9.31. The van der Waals surface area contributed by atoms with E-state index in [9.17, 15) is 0 Å². The van der Waals surface area contributed by atoms with E-state index in [0.29, 0.717) is 26.4 Å². The van der Waals surface area contributed by atoms with Crippen LogP contribution in [0.4, 0.5) is 0 Å². The molecule has 0 saturated carbocycles. The van der Waals surface area contributed by atoms with Crippen molar-refractivity contribution in [3.8, 4) is 11.5 Å². The highest BCUT2D eigenvalue weighted by molar-refractivity contribution is 5.73. The summed E-state index contributed by atoms with van der Waals surface area (Å²) in [4.78, 5) is 0. The minimum atomic E-state index is -0.469. The number of hydrogen-bond acceptors (Lipinski definition) is 4. The van der Waals surface area contributed by atoms with Gasteiger partial charge < -0.3 is 18.9 Å². The van der Waals surface area contributed by atoms with Crippen LogP contribution < -0.4 is 9.47 Å². The summed E-state index contributed by atoms with van der Waals surface area (Å²) in [6, 6.07) is 53.0. The average Bonchev–Trinajstić information content (AvgIpc) is 3.17. The van der Waals surface area contributed by atoms with E-state index in [0.717, 1.165) is 22.6 Å². The Bertz CT molecular complexity index is 1950. The van der Waals surface area contributed by atoms with Crippen LogP contribution in [0.25, 0.3) is 0 Å². The van der Waals surface area contributed by atoms with E-state index in [2.05, 4.69) is 121 Å². The lowest BCUT2D eigenvalue weighted by Crippen LogP contribution is -2.56. The molecule has 4 nitrogen and oxygen atoms in total. The second-order valence-electron chi connectivity index (χ2n) is 13.8. The summed E-state index contributed by atoms with van der Waals surface area (Å²) in [5, 5.41) is 0. The van der Waals surface area contributed by atoms with Crippen molar-refractivity contribution in [1.29, 1.82) is 0 Å². The van der Waals surface area contributed by atoms with Crippen molar-refractivity contribution in [2.45, 2.75) is 35.9 Å². The van der Waals surface area contributed by atoms with E-state index in [1.807, 2.05) is 24.3 Å². The van der Waals surface area contributed by atoms with Gasteiger partial charge in [-0.2, -0.15) is 0 Å². The Labute approximate surface area is 294 Å². The molecule has 4 heteroatoms. The fourth-order valence-electron chi connectivity index (χ4n) is 9.59. The largest absolute Gasteiger partial charge is 0.497 e. The second kappa shape index (κ2) is 12.3. The first kappa shape index (κ1) is 30.9. The minimum Gasteiger partial charge on any atom is -0.497 e. The second-order valence-corrected chi connectivity index (χ2v) is 13.8. The van der Waals surface area contributed by atoms with Gasteiger partial charge in [0, 0.05) is 11.8 Å². The Morgan fingerprint density at radius 1 is 0.420 bits per heavy atom. The SMILES string of the molecule is COc1cccc(COCC23c4ccccc4C(c4ccccc42)C2(COCc4cccc(OC)c4)c4ccccc4C3c3ccccc32)c1. The summed E-state index contributed by atoms with van der Waals surface area (Å²) in [6.45, 7) is 2.03. The number of benzene rings is 6. The zero-order chi connectivity index (χ0) is 33.7. The van der Waals surface area contributed by atoms with Gasteiger partial charge in [-0.3, -0.25) is 0 Å². The van der Waals surface area contributed by atoms with Gasteiger partial charge >= 0.3 is 0 Å². The first-order chi connectivity index (χ1) is 24.7. The third-order valence-electron chi connectivity index (χ3n) is 11.5. The lowest BCUT2D eigenvalue weighted by Gasteiger charge is -2.60. The van der Waals surface area contributed by atoms with Gasteiger partial charge in [0.15, 0.2) is 0 Å². The molecule has 4 bridgehead atoms. The molecule has 12 rings (SSSR count). The Morgan fingerprint density at radius 2 is 0.760 bits per heavy atom. The molecule has 6 aromatic rings. The summed E-state index contributed by atoms with van der Waals surface area (Å²) < 4.78 is 25.0. The minimum absolute atomic E-state index is 0.0234. The van der Waals surface area contributed by atoms with Crippen LogP contribution in [-0.4, -0.2) is 27.4 Å². The first-order valence-electron chi connectivity index (χ1n) is 17.5. The van der Waals surface area contributed by atoms with Crippen LogP contribution in [0.2, 0.25) is 0 Å². The van der Waals surface area contributed by atoms with E-state index < -0.39 is 10.8 Å². The maximum Gasteiger partial charge on any atom is 0.119 e. The first-order valence-corrected chi connectivity index (χ1v) is 17.5. The molecule has 6 aliphatic rings. The molecular formula is C46H40O4. The third-order valence-corrected chi connectivity index (χ3v) is 11.5. The summed E-state index contributed by atoms with van der Waals surface area (Å²) in [5.41, 5.74) is 12.1. The molecule has 0 fully saturated rings. The summed E-state index contributed by atoms with van der Waals surface area (Å²) >= 11 is 0. The predicted molar refractivity (Wildman–Crippen MR) is 196 cm³/mol. The van der Waals surface area contributed by atoms with E-state index >= 15 is 0 Å². The van der Waals surface area contributed by atoms with E-state index in [1.54, 1.807) is 14.2 Å². The zero-order valence-corrected chi connectivity index (χ0v) is 28.5. The van der Waals surface area contributed by atoms with Crippen molar-refractivity contribution < 1.29 is 18.9 Å². The van der Waals surface area contributed by atoms with Gasteiger partial charge in [-0.05, 0) is 79.9 Å². The molecule has 6 aliphatic carbocycles. The number of rotatable bonds is 10. The van der Waals surface area contributed by atoms with Gasteiger partial charge in [-0.15, -0.1) is 0 Å². The van der Waals surface area contributed by atoms with Gasteiger partial charge in [0.2, 0.25) is 0 Å². The molecule has 0 heterocycles. The maximum atomic E-state index is 6.93. The number of methoxy groups -OCH3 is 2. The van der Waals surface area contributed by atoms with Crippen molar-refractivity contribution >= 4 is 0 Å². The smallest absolute Gasteiger partial charge is 0.119 e. The van der Waals surface area contributed by atoms with Crippen LogP contribution in [0.1, 0.15) is 67.5 Å². The van der Waals surface area contributed by atoms with Crippen molar-refractivity contribution in [2.24, 2.45) is 0 Å². The normalized spacial score (nSPS) is 22.0. The van der Waals surface area contributed by atoms with Crippen LogP contribution >= 0.6 is 0 Å². The molecule has 248 valence electrons. The van der Waals surface area contributed by atoms with Crippen molar-refractivity contribution in [1.82, 2.24) is 0 Å². The summed E-state index contributed by atoms with van der Waals surface area (Å²) in [5.74, 6) is 1.73. The molecule has 0 atom stereocenters. The number of hydrogen-bond donors (Lipinski definition) is 0. The van der Waals surface area contributed by atoms with Gasteiger partial charge in [-0.25, -0.2) is 0 Å². The molecule has 0 aliphatic heterocycles. The molecule has 0 spiro atoms. The Hall–Kier alpha value is -5.16. The highest BCUT2D eigenvalue weighted by Gasteiger charge is 2.62. The van der Waals surface area contributed by atoms with Crippen molar-refractivity contribution in [3.05, 3.63) is 201 Å². The molecule has 50 heavy (non-hydrogen) atoms. The van der Waals surface area contributed by atoms with Gasteiger partial charge in [0.1, 0.15) is 11.5 Å². The molecule has 0 N–H and O–H groups in total. The van der Waals surface area contributed by atoms with Crippen LogP contribution in [0, 0.1) is 0 Å². The lowest BCUT2D eigenvalue weighted by atomic mass is 9.43. The van der Waals surface area contributed by atoms with E-state index in [4.69, 9.17) is 18.9 Å². The van der Waals surface area contributed by atoms with Crippen LogP contribution in [0.15, 0.2) is 146 Å². The summed E-state index contributed by atoms with van der Waals surface area (Å²) in [6.07, 6.45) is 0. The Balaban J connectivity index is 1.26. The highest BCUT2D eigenvalue weighted by Crippen LogP contribution is 2.68. The third kappa shape index (κ3) is 4.52. The fraction of sp³-hybridized carbons (Fsp3) is 0.217. The van der Waals surface area contributed by atoms with Gasteiger partial charge in [0.05, 0.1) is 51.5 Å².